The minimum absolute atomic E-state index is 0.191. The molecular formula is C20H18N2O6. The van der Waals surface area contributed by atoms with Crippen LogP contribution in [0.4, 0.5) is 0 Å². The summed E-state index contributed by atoms with van der Waals surface area (Å²) in [6, 6.07) is 14.3. The van der Waals surface area contributed by atoms with Gasteiger partial charge in [0, 0.05) is 24.1 Å². The average molecular weight is 382 g/mol. The fourth-order valence-electron chi connectivity index (χ4n) is 2.45. The van der Waals surface area contributed by atoms with Gasteiger partial charge in [0.1, 0.15) is 18.0 Å². The van der Waals surface area contributed by atoms with E-state index in [1.165, 1.54) is 13.3 Å². The second kappa shape index (κ2) is 8.83. The van der Waals surface area contributed by atoms with Crippen molar-refractivity contribution in [3.8, 4) is 17.2 Å². The third-order valence-corrected chi connectivity index (χ3v) is 3.76. The lowest BCUT2D eigenvalue weighted by Crippen LogP contribution is -2.31. The highest BCUT2D eigenvalue weighted by atomic mass is 16.7. The first-order valence-electron chi connectivity index (χ1n) is 8.36. The van der Waals surface area contributed by atoms with Gasteiger partial charge in [0.2, 0.25) is 0 Å². The van der Waals surface area contributed by atoms with Gasteiger partial charge in [0.15, 0.2) is 18.2 Å². The number of esters is 1. The lowest BCUT2D eigenvalue weighted by atomic mass is 10.1. The van der Waals surface area contributed by atoms with Crippen LogP contribution in [0.5, 0.6) is 17.2 Å². The molecule has 8 heteroatoms. The normalized spacial score (nSPS) is 10.5. The quantitative estimate of drug-likeness (QED) is 0.478. The molecule has 2 N–H and O–H groups in total. The SMILES string of the molecule is COCOC(=O)CNC(=O)c1ncc2cc(Oc3ccccc3)ccc2c1O. The van der Waals surface area contributed by atoms with E-state index in [0.29, 0.717) is 22.3 Å². The summed E-state index contributed by atoms with van der Waals surface area (Å²) in [5.41, 5.74) is -0.191. The number of carbonyl (C=O) groups excluding carboxylic acids is 2. The Morgan fingerprint density at radius 3 is 2.64 bits per heavy atom. The molecule has 1 heterocycles. The molecule has 0 unspecified atom stereocenters. The van der Waals surface area contributed by atoms with Crippen LogP contribution in [0.2, 0.25) is 0 Å². The standard InChI is InChI=1S/C20H18N2O6/c1-26-12-27-17(23)11-22-20(25)18-19(24)16-8-7-15(9-13(16)10-21-18)28-14-5-3-2-4-6-14/h2-10,24H,11-12H2,1H3,(H,22,25). The third-order valence-electron chi connectivity index (χ3n) is 3.76. The van der Waals surface area contributed by atoms with Crippen LogP contribution in [0.25, 0.3) is 10.8 Å². The summed E-state index contributed by atoms with van der Waals surface area (Å²) in [4.78, 5) is 27.6. The summed E-state index contributed by atoms with van der Waals surface area (Å²) in [5, 5.41) is 13.8. The molecule has 0 aliphatic carbocycles. The van der Waals surface area contributed by atoms with E-state index in [4.69, 9.17) is 4.74 Å². The van der Waals surface area contributed by atoms with Crippen LogP contribution < -0.4 is 10.1 Å². The Labute approximate surface area is 160 Å². The topological polar surface area (TPSA) is 107 Å². The fourth-order valence-corrected chi connectivity index (χ4v) is 2.45. The number of methoxy groups -OCH3 is 1. The van der Waals surface area contributed by atoms with E-state index in [2.05, 4.69) is 19.8 Å². The van der Waals surface area contributed by atoms with Gasteiger partial charge in [0.05, 0.1) is 0 Å². The number of amides is 1. The molecule has 0 saturated carbocycles. The van der Waals surface area contributed by atoms with E-state index in [1.807, 2.05) is 30.3 Å². The molecule has 8 nitrogen and oxygen atoms in total. The number of aromatic hydroxyl groups is 1. The molecule has 1 aromatic heterocycles. The van der Waals surface area contributed by atoms with Crippen LogP contribution >= 0.6 is 0 Å². The number of hydrogen-bond donors (Lipinski definition) is 2. The fraction of sp³-hybridized carbons (Fsp3) is 0.150. The molecule has 3 rings (SSSR count). The molecule has 0 spiro atoms. The number of benzene rings is 2. The van der Waals surface area contributed by atoms with Crippen molar-refractivity contribution >= 4 is 22.6 Å². The van der Waals surface area contributed by atoms with E-state index in [1.54, 1.807) is 18.2 Å². The Balaban J connectivity index is 1.75. The van der Waals surface area contributed by atoms with Crippen LogP contribution in [0.15, 0.2) is 54.7 Å². The van der Waals surface area contributed by atoms with E-state index in [-0.39, 0.29) is 24.8 Å². The smallest absolute Gasteiger partial charge is 0.327 e. The second-order valence-corrected chi connectivity index (χ2v) is 5.73. The van der Waals surface area contributed by atoms with Gasteiger partial charge in [-0.15, -0.1) is 0 Å². The lowest BCUT2D eigenvalue weighted by molar-refractivity contribution is -0.152. The van der Waals surface area contributed by atoms with Crippen molar-refractivity contribution in [3.63, 3.8) is 0 Å². The van der Waals surface area contributed by atoms with Crippen LogP contribution in [0.1, 0.15) is 10.5 Å². The van der Waals surface area contributed by atoms with Gasteiger partial charge in [-0.3, -0.25) is 9.59 Å². The zero-order chi connectivity index (χ0) is 19.9. The summed E-state index contributed by atoms with van der Waals surface area (Å²) in [6.07, 6.45) is 1.45. The van der Waals surface area contributed by atoms with Gasteiger partial charge in [0.25, 0.3) is 5.91 Å². The molecule has 0 fully saturated rings. The number of hydrogen-bond acceptors (Lipinski definition) is 7. The van der Waals surface area contributed by atoms with Crippen molar-refractivity contribution in [2.24, 2.45) is 0 Å². The Morgan fingerprint density at radius 1 is 1.11 bits per heavy atom. The number of rotatable bonds is 7. The number of ether oxygens (including phenoxy) is 3. The molecule has 28 heavy (non-hydrogen) atoms. The zero-order valence-corrected chi connectivity index (χ0v) is 15.0. The Kier molecular flexibility index (Phi) is 6.03. The van der Waals surface area contributed by atoms with Crippen molar-refractivity contribution < 1.29 is 28.9 Å². The van der Waals surface area contributed by atoms with Crippen LogP contribution in [-0.2, 0) is 14.3 Å². The maximum absolute atomic E-state index is 12.2. The summed E-state index contributed by atoms with van der Waals surface area (Å²) in [7, 11) is 1.37. The summed E-state index contributed by atoms with van der Waals surface area (Å²) < 4.78 is 15.0. The van der Waals surface area contributed by atoms with Crippen molar-refractivity contribution in [1.82, 2.24) is 10.3 Å². The monoisotopic (exact) mass is 382 g/mol. The summed E-state index contributed by atoms with van der Waals surface area (Å²) in [6.45, 7) is -0.577. The van der Waals surface area contributed by atoms with Crippen molar-refractivity contribution in [3.05, 3.63) is 60.4 Å². The second-order valence-electron chi connectivity index (χ2n) is 5.73. The van der Waals surface area contributed by atoms with E-state index >= 15 is 0 Å². The first-order chi connectivity index (χ1) is 13.6. The third kappa shape index (κ3) is 4.54. The van der Waals surface area contributed by atoms with E-state index in [0.717, 1.165) is 0 Å². The maximum atomic E-state index is 12.2. The summed E-state index contributed by atoms with van der Waals surface area (Å²) in [5.74, 6) is -0.406. The minimum atomic E-state index is -0.696. The molecule has 0 atom stereocenters. The number of nitrogens with zero attached hydrogens (tertiary/aromatic N) is 1. The largest absolute Gasteiger partial charge is 0.505 e. The molecular weight excluding hydrogens is 364 g/mol. The van der Waals surface area contributed by atoms with Gasteiger partial charge in [-0.2, -0.15) is 0 Å². The van der Waals surface area contributed by atoms with Crippen molar-refractivity contribution in [1.29, 1.82) is 0 Å². The molecule has 1 amide bonds. The molecule has 144 valence electrons. The van der Waals surface area contributed by atoms with E-state index in [9.17, 15) is 14.7 Å². The Bertz CT molecular complexity index is 991. The molecule has 2 aromatic carbocycles. The number of fused-ring (bicyclic) bond motifs is 1. The van der Waals surface area contributed by atoms with Gasteiger partial charge >= 0.3 is 5.97 Å². The molecule has 3 aromatic rings. The molecule has 0 saturated heterocycles. The average Bonchev–Trinajstić information content (AvgIpc) is 2.71. The lowest BCUT2D eigenvalue weighted by Gasteiger charge is -2.10. The molecule has 0 aliphatic rings. The number of nitrogens with one attached hydrogen (secondary N) is 1. The first-order valence-corrected chi connectivity index (χ1v) is 8.36. The van der Waals surface area contributed by atoms with Crippen LogP contribution in [0.3, 0.4) is 0 Å². The van der Waals surface area contributed by atoms with Gasteiger partial charge < -0.3 is 24.6 Å². The van der Waals surface area contributed by atoms with E-state index < -0.39 is 11.9 Å². The highest BCUT2D eigenvalue weighted by Gasteiger charge is 2.17. The Hall–Kier alpha value is -3.65. The number of carbonyl (C=O) groups is 2. The van der Waals surface area contributed by atoms with Crippen LogP contribution in [0, 0.1) is 0 Å². The van der Waals surface area contributed by atoms with Gasteiger partial charge in [-0.25, -0.2) is 4.98 Å². The summed E-state index contributed by atoms with van der Waals surface area (Å²) >= 11 is 0. The highest BCUT2D eigenvalue weighted by molar-refractivity contribution is 6.02. The Morgan fingerprint density at radius 2 is 1.89 bits per heavy atom. The highest BCUT2D eigenvalue weighted by Crippen LogP contribution is 2.31. The molecule has 0 bridgehead atoms. The number of aromatic nitrogens is 1. The number of para-hydroxylation sites is 1. The van der Waals surface area contributed by atoms with Crippen molar-refractivity contribution in [2.75, 3.05) is 20.4 Å². The molecule has 0 aliphatic heterocycles. The predicted molar refractivity (Wildman–Crippen MR) is 100 cm³/mol. The van der Waals surface area contributed by atoms with Crippen LogP contribution in [-0.4, -0.2) is 42.4 Å². The minimum Gasteiger partial charge on any atom is -0.505 e. The first kappa shape index (κ1) is 19.1. The number of pyridine rings is 1. The van der Waals surface area contributed by atoms with Gasteiger partial charge in [-0.05, 0) is 30.3 Å². The van der Waals surface area contributed by atoms with Gasteiger partial charge in [-0.1, -0.05) is 18.2 Å². The zero-order valence-electron chi connectivity index (χ0n) is 15.0. The van der Waals surface area contributed by atoms with Crippen molar-refractivity contribution in [2.45, 2.75) is 0 Å². The molecule has 0 radical (unpaired) electrons. The maximum Gasteiger partial charge on any atom is 0.327 e. The predicted octanol–water partition coefficient (Wildman–Crippen LogP) is 2.61.